The molecular formula is C28H27BrN2O5. The van der Waals surface area contributed by atoms with Gasteiger partial charge >= 0.3 is 0 Å². The number of nitrogens with zero attached hydrogens (tertiary/aromatic N) is 2. The average Bonchev–Trinajstić information content (AvgIpc) is 3.15. The molecule has 1 atom stereocenters. The van der Waals surface area contributed by atoms with Crippen LogP contribution in [-0.2, 0) is 9.59 Å². The lowest BCUT2D eigenvalue weighted by Gasteiger charge is -2.27. The number of rotatable bonds is 7. The van der Waals surface area contributed by atoms with E-state index in [1.165, 1.54) is 24.1 Å². The fourth-order valence-electron chi connectivity index (χ4n) is 4.49. The summed E-state index contributed by atoms with van der Waals surface area (Å²) < 4.78 is 5.85. The van der Waals surface area contributed by atoms with Crippen LogP contribution in [0.2, 0.25) is 0 Å². The quantitative estimate of drug-likeness (QED) is 0.225. The highest BCUT2D eigenvalue weighted by molar-refractivity contribution is 9.10. The zero-order valence-corrected chi connectivity index (χ0v) is 21.8. The molecule has 1 fully saturated rings. The van der Waals surface area contributed by atoms with Crippen molar-refractivity contribution in [2.75, 3.05) is 30.0 Å². The lowest BCUT2D eigenvalue weighted by Crippen LogP contribution is -2.29. The summed E-state index contributed by atoms with van der Waals surface area (Å²) in [6.45, 7) is 5.80. The molecule has 0 spiro atoms. The Morgan fingerprint density at radius 1 is 1.03 bits per heavy atom. The van der Waals surface area contributed by atoms with E-state index in [9.17, 15) is 19.8 Å². The topological polar surface area (TPSA) is 90.3 Å². The van der Waals surface area contributed by atoms with Gasteiger partial charge in [-0.1, -0.05) is 12.1 Å². The number of hydrogen-bond acceptors (Lipinski definition) is 6. The molecule has 1 aliphatic heterocycles. The normalized spacial score (nSPS) is 16.9. The van der Waals surface area contributed by atoms with E-state index in [4.69, 9.17) is 4.74 Å². The first-order valence-electron chi connectivity index (χ1n) is 11.6. The van der Waals surface area contributed by atoms with E-state index < -0.39 is 17.7 Å². The number of Topliss-reactive ketones (excluding diaryl/α,β-unsaturated/α-hetero) is 1. The highest BCUT2D eigenvalue weighted by Crippen LogP contribution is 2.43. The first kappa shape index (κ1) is 25.3. The number of carbonyl (C=O) groups excluding carboxylic acids is 2. The number of aromatic hydroxyl groups is 1. The number of benzene rings is 3. The molecule has 3 aromatic rings. The minimum absolute atomic E-state index is 0.0119. The molecule has 4 rings (SSSR count). The Kier molecular flexibility index (Phi) is 7.35. The first-order chi connectivity index (χ1) is 17.3. The number of ketones is 1. The van der Waals surface area contributed by atoms with Gasteiger partial charge < -0.3 is 19.8 Å². The Balaban J connectivity index is 1.88. The zero-order valence-electron chi connectivity index (χ0n) is 20.2. The van der Waals surface area contributed by atoms with E-state index in [1.807, 2.05) is 12.1 Å². The molecule has 0 bridgehead atoms. The van der Waals surface area contributed by atoms with Crippen LogP contribution >= 0.6 is 15.9 Å². The van der Waals surface area contributed by atoms with E-state index in [-0.39, 0.29) is 17.1 Å². The molecule has 3 aromatic carbocycles. The molecule has 186 valence electrons. The Morgan fingerprint density at radius 2 is 1.72 bits per heavy atom. The van der Waals surface area contributed by atoms with Crippen LogP contribution in [0.4, 0.5) is 11.4 Å². The molecule has 1 saturated heterocycles. The number of methoxy groups -OCH3 is 1. The van der Waals surface area contributed by atoms with Gasteiger partial charge in [0, 0.05) is 30.0 Å². The van der Waals surface area contributed by atoms with Gasteiger partial charge in [-0.25, -0.2) is 0 Å². The molecule has 1 aliphatic rings. The molecule has 0 saturated carbocycles. The molecule has 2 N–H and O–H groups in total. The molecule has 7 nitrogen and oxygen atoms in total. The summed E-state index contributed by atoms with van der Waals surface area (Å²) in [5.74, 6) is -1.33. The maximum Gasteiger partial charge on any atom is 0.300 e. The molecule has 1 heterocycles. The van der Waals surface area contributed by atoms with Crippen molar-refractivity contribution >= 4 is 44.8 Å². The third-order valence-corrected chi connectivity index (χ3v) is 6.93. The Morgan fingerprint density at radius 3 is 2.31 bits per heavy atom. The molecule has 36 heavy (non-hydrogen) atoms. The summed E-state index contributed by atoms with van der Waals surface area (Å²) in [6.07, 6.45) is 0. The predicted molar refractivity (Wildman–Crippen MR) is 144 cm³/mol. The van der Waals surface area contributed by atoms with Crippen LogP contribution < -0.4 is 14.5 Å². The van der Waals surface area contributed by atoms with Crippen molar-refractivity contribution < 1.29 is 24.5 Å². The molecular weight excluding hydrogens is 524 g/mol. The van der Waals surface area contributed by atoms with Crippen molar-refractivity contribution in [3.05, 3.63) is 87.9 Å². The molecule has 0 aromatic heterocycles. The number of phenols is 1. The van der Waals surface area contributed by atoms with Crippen LogP contribution in [0.5, 0.6) is 11.5 Å². The number of ether oxygens (including phenoxy) is 1. The number of anilines is 2. The second-order valence-corrected chi connectivity index (χ2v) is 9.16. The summed E-state index contributed by atoms with van der Waals surface area (Å²) >= 11 is 3.40. The van der Waals surface area contributed by atoms with Crippen molar-refractivity contribution in [2.24, 2.45) is 0 Å². The number of phenolic OH excluding ortho intramolecular Hbond substituents is 1. The predicted octanol–water partition coefficient (Wildman–Crippen LogP) is 5.64. The SMILES string of the molecule is CCN(CC)c1ccc(N2C(=O)C(=O)/C(=C(\O)c3ccc(OC)c(Br)c3)C2c2cccc(O)c2)cc1. The third kappa shape index (κ3) is 4.56. The molecule has 8 heteroatoms. The Bertz CT molecular complexity index is 1330. The molecule has 0 aliphatic carbocycles. The van der Waals surface area contributed by atoms with Crippen LogP contribution in [0.1, 0.15) is 31.0 Å². The summed E-state index contributed by atoms with van der Waals surface area (Å²) in [6, 6.07) is 17.7. The van der Waals surface area contributed by atoms with Gasteiger partial charge in [0.1, 0.15) is 17.3 Å². The Hall–Kier alpha value is -3.78. The number of halogens is 1. The van der Waals surface area contributed by atoms with E-state index in [0.29, 0.717) is 27.0 Å². The number of carbonyl (C=O) groups is 2. The monoisotopic (exact) mass is 550 g/mol. The average molecular weight is 551 g/mol. The van der Waals surface area contributed by atoms with Crippen LogP contribution in [0, 0.1) is 0 Å². The largest absolute Gasteiger partial charge is 0.508 e. The fourth-order valence-corrected chi connectivity index (χ4v) is 5.03. The lowest BCUT2D eigenvalue weighted by atomic mass is 9.95. The fraction of sp³-hybridized carbons (Fsp3) is 0.214. The summed E-state index contributed by atoms with van der Waals surface area (Å²) in [5, 5.41) is 21.4. The van der Waals surface area contributed by atoms with E-state index >= 15 is 0 Å². The molecule has 1 unspecified atom stereocenters. The Labute approximate surface area is 218 Å². The smallest absolute Gasteiger partial charge is 0.300 e. The maximum absolute atomic E-state index is 13.3. The van der Waals surface area contributed by atoms with Gasteiger partial charge in [0.25, 0.3) is 11.7 Å². The van der Waals surface area contributed by atoms with Gasteiger partial charge in [0.05, 0.1) is 23.2 Å². The summed E-state index contributed by atoms with van der Waals surface area (Å²) in [5.41, 5.74) is 2.29. The first-order valence-corrected chi connectivity index (χ1v) is 12.4. The van der Waals surface area contributed by atoms with Crippen molar-refractivity contribution in [1.82, 2.24) is 0 Å². The minimum Gasteiger partial charge on any atom is -0.508 e. The minimum atomic E-state index is -0.933. The van der Waals surface area contributed by atoms with Crippen LogP contribution in [0.25, 0.3) is 5.76 Å². The van der Waals surface area contributed by atoms with Crippen molar-refractivity contribution in [3.8, 4) is 11.5 Å². The number of aliphatic hydroxyl groups excluding tert-OH is 1. The van der Waals surface area contributed by atoms with Crippen molar-refractivity contribution in [3.63, 3.8) is 0 Å². The standard InChI is InChI=1S/C28H27BrN2O5/c1-4-30(5-2)19-10-12-20(13-11-19)31-25(17-7-6-8-21(32)15-17)24(27(34)28(31)35)26(33)18-9-14-23(36-3)22(29)16-18/h6-16,25,32-33H,4-5H2,1-3H3/b26-24-. The number of amides is 1. The van der Waals surface area contributed by atoms with Crippen LogP contribution in [0.15, 0.2) is 76.8 Å². The van der Waals surface area contributed by atoms with E-state index in [2.05, 4.69) is 34.7 Å². The van der Waals surface area contributed by atoms with E-state index in [1.54, 1.807) is 42.5 Å². The second-order valence-electron chi connectivity index (χ2n) is 8.30. The highest BCUT2D eigenvalue weighted by Gasteiger charge is 2.47. The van der Waals surface area contributed by atoms with Gasteiger partial charge in [-0.15, -0.1) is 0 Å². The maximum atomic E-state index is 13.3. The second kappa shape index (κ2) is 10.5. The summed E-state index contributed by atoms with van der Waals surface area (Å²) in [4.78, 5) is 30.2. The van der Waals surface area contributed by atoms with Crippen LogP contribution in [-0.4, -0.2) is 42.1 Å². The number of aliphatic hydroxyl groups is 1. The molecule has 0 radical (unpaired) electrons. The lowest BCUT2D eigenvalue weighted by molar-refractivity contribution is -0.132. The van der Waals surface area contributed by atoms with E-state index in [0.717, 1.165) is 18.8 Å². The van der Waals surface area contributed by atoms with Gasteiger partial charge in [-0.05, 0) is 89.9 Å². The highest BCUT2D eigenvalue weighted by atomic mass is 79.9. The van der Waals surface area contributed by atoms with Gasteiger partial charge in [-0.3, -0.25) is 14.5 Å². The van der Waals surface area contributed by atoms with Crippen molar-refractivity contribution in [1.29, 1.82) is 0 Å². The summed E-state index contributed by atoms with van der Waals surface area (Å²) in [7, 11) is 1.53. The van der Waals surface area contributed by atoms with Gasteiger partial charge in [0.2, 0.25) is 0 Å². The third-order valence-electron chi connectivity index (χ3n) is 6.31. The van der Waals surface area contributed by atoms with Gasteiger partial charge in [-0.2, -0.15) is 0 Å². The van der Waals surface area contributed by atoms with Gasteiger partial charge in [0.15, 0.2) is 0 Å². The zero-order chi connectivity index (χ0) is 26.0. The van der Waals surface area contributed by atoms with Crippen molar-refractivity contribution in [2.45, 2.75) is 19.9 Å². The van der Waals surface area contributed by atoms with Crippen LogP contribution in [0.3, 0.4) is 0 Å². The molecule has 1 amide bonds. The number of hydrogen-bond donors (Lipinski definition) is 2.